The third-order valence-electron chi connectivity index (χ3n) is 3.68. The Morgan fingerprint density at radius 2 is 1.67 bits per heavy atom. The zero-order valence-electron chi connectivity index (χ0n) is 11.4. The van der Waals surface area contributed by atoms with E-state index in [-0.39, 0.29) is 6.04 Å². The molecule has 0 bridgehead atoms. The lowest BCUT2D eigenvalue weighted by Gasteiger charge is -2.15. The molecule has 0 aliphatic carbocycles. The van der Waals surface area contributed by atoms with Gasteiger partial charge in [-0.15, -0.1) is 0 Å². The molecule has 0 aliphatic heterocycles. The fourth-order valence-electron chi connectivity index (χ4n) is 2.62. The molecule has 3 heteroatoms. The van der Waals surface area contributed by atoms with Crippen LogP contribution < -0.4 is 5.73 Å². The summed E-state index contributed by atoms with van der Waals surface area (Å²) in [6, 6.07) is 19.9. The first-order valence-electron chi connectivity index (χ1n) is 6.82. The quantitative estimate of drug-likeness (QED) is 0.689. The Kier molecular flexibility index (Phi) is 4.16. The van der Waals surface area contributed by atoms with Crippen molar-refractivity contribution >= 4 is 34.0 Å². The predicted octanol–water partition coefficient (Wildman–Crippen LogP) is 5.39. The lowest BCUT2D eigenvalue weighted by Crippen LogP contribution is -2.14. The number of hydrogen-bond acceptors (Lipinski definition) is 1. The molecular formula is C18H15Cl2N. The monoisotopic (exact) mass is 315 g/mol. The third-order valence-corrected chi connectivity index (χ3v) is 4.24. The van der Waals surface area contributed by atoms with E-state index in [2.05, 4.69) is 30.3 Å². The van der Waals surface area contributed by atoms with Crippen LogP contribution in [0.15, 0.2) is 60.7 Å². The molecule has 0 heterocycles. The van der Waals surface area contributed by atoms with Gasteiger partial charge in [-0.25, -0.2) is 0 Å². The highest BCUT2D eigenvalue weighted by molar-refractivity contribution is 6.35. The molecule has 3 rings (SSSR count). The molecule has 1 atom stereocenters. The van der Waals surface area contributed by atoms with Crippen LogP contribution in [0, 0.1) is 0 Å². The van der Waals surface area contributed by atoms with E-state index >= 15 is 0 Å². The maximum Gasteiger partial charge on any atom is 0.0468 e. The van der Waals surface area contributed by atoms with Crippen LogP contribution in [0.3, 0.4) is 0 Å². The van der Waals surface area contributed by atoms with Crippen LogP contribution in [-0.4, -0.2) is 0 Å². The Hall–Kier alpha value is -1.54. The molecule has 0 radical (unpaired) electrons. The van der Waals surface area contributed by atoms with Crippen molar-refractivity contribution in [2.24, 2.45) is 5.73 Å². The second-order valence-corrected chi connectivity index (χ2v) is 5.96. The fourth-order valence-corrected chi connectivity index (χ4v) is 3.17. The van der Waals surface area contributed by atoms with Crippen LogP contribution in [0.2, 0.25) is 10.0 Å². The Bertz CT molecular complexity index is 778. The van der Waals surface area contributed by atoms with Crippen molar-refractivity contribution in [3.05, 3.63) is 81.8 Å². The zero-order valence-corrected chi connectivity index (χ0v) is 12.9. The number of halogens is 2. The lowest BCUT2D eigenvalue weighted by atomic mass is 9.95. The maximum atomic E-state index is 6.34. The second-order valence-electron chi connectivity index (χ2n) is 5.11. The summed E-state index contributed by atoms with van der Waals surface area (Å²) in [6.07, 6.45) is 0.739. The Labute approximate surface area is 134 Å². The normalized spacial score (nSPS) is 12.5. The topological polar surface area (TPSA) is 26.0 Å². The van der Waals surface area contributed by atoms with Gasteiger partial charge in [0.2, 0.25) is 0 Å². The van der Waals surface area contributed by atoms with Crippen LogP contribution in [0.1, 0.15) is 17.2 Å². The van der Waals surface area contributed by atoms with E-state index < -0.39 is 0 Å². The summed E-state index contributed by atoms with van der Waals surface area (Å²) < 4.78 is 0. The summed E-state index contributed by atoms with van der Waals surface area (Å²) >= 11 is 12.2. The highest BCUT2D eigenvalue weighted by atomic mass is 35.5. The van der Waals surface area contributed by atoms with Crippen molar-refractivity contribution in [3.63, 3.8) is 0 Å². The van der Waals surface area contributed by atoms with Gasteiger partial charge in [-0.1, -0.05) is 71.7 Å². The first-order chi connectivity index (χ1) is 10.1. The summed E-state index contributed by atoms with van der Waals surface area (Å²) in [4.78, 5) is 0. The SMILES string of the molecule is NC(Cc1cccc2ccccc12)c1ccc(Cl)cc1Cl. The predicted molar refractivity (Wildman–Crippen MR) is 91.0 cm³/mol. The van der Waals surface area contributed by atoms with Crippen LogP contribution in [-0.2, 0) is 6.42 Å². The number of benzene rings is 3. The van der Waals surface area contributed by atoms with E-state index in [1.54, 1.807) is 6.07 Å². The molecule has 0 saturated heterocycles. The molecule has 21 heavy (non-hydrogen) atoms. The van der Waals surface area contributed by atoms with Gasteiger partial charge in [0.15, 0.2) is 0 Å². The van der Waals surface area contributed by atoms with Crippen molar-refractivity contribution < 1.29 is 0 Å². The van der Waals surface area contributed by atoms with Gasteiger partial charge in [0.05, 0.1) is 0 Å². The van der Waals surface area contributed by atoms with Gasteiger partial charge in [0.1, 0.15) is 0 Å². The molecule has 0 spiro atoms. The average molecular weight is 316 g/mol. The van der Waals surface area contributed by atoms with Gasteiger partial charge in [-0.2, -0.15) is 0 Å². The molecule has 2 N–H and O–H groups in total. The second kappa shape index (κ2) is 6.07. The minimum Gasteiger partial charge on any atom is -0.324 e. The van der Waals surface area contributed by atoms with Crippen molar-refractivity contribution in [3.8, 4) is 0 Å². The van der Waals surface area contributed by atoms with Gasteiger partial charge >= 0.3 is 0 Å². The molecule has 106 valence electrons. The Morgan fingerprint density at radius 3 is 2.48 bits per heavy atom. The van der Waals surface area contributed by atoms with Gasteiger partial charge in [0, 0.05) is 16.1 Å². The van der Waals surface area contributed by atoms with Crippen LogP contribution in [0.4, 0.5) is 0 Å². The van der Waals surface area contributed by atoms with Gasteiger partial charge < -0.3 is 5.73 Å². The van der Waals surface area contributed by atoms with E-state index in [9.17, 15) is 0 Å². The maximum absolute atomic E-state index is 6.34. The minimum atomic E-state index is -0.152. The molecule has 3 aromatic carbocycles. The zero-order chi connectivity index (χ0) is 14.8. The summed E-state index contributed by atoms with van der Waals surface area (Å²) in [6.45, 7) is 0. The summed E-state index contributed by atoms with van der Waals surface area (Å²) in [5.74, 6) is 0. The van der Waals surface area contributed by atoms with Crippen molar-refractivity contribution in [2.45, 2.75) is 12.5 Å². The summed E-state index contributed by atoms with van der Waals surface area (Å²) in [5.41, 5.74) is 8.49. The van der Waals surface area contributed by atoms with Crippen LogP contribution >= 0.6 is 23.2 Å². The fraction of sp³-hybridized carbons (Fsp3) is 0.111. The smallest absolute Gasteiger partial charge is 0.0468 e. The molecule has 1 nitrogen and oxygen atoms in total. The lowest BCUT2D eigenvalue weighted by molar-refractivity contribution is 0.726. The van der Waals surface area contributed by atoms with E-state index in [0.29, 0.717) is 10.0 Å². The van der Waals surface area contributed by atoms with Crippen molar-refractivity contribution in [2.75, 3.05) is 0 Å². The Balaban J connectivity index is 1.94. The molecule has 0 amide bonds. The van der Waals surface area contributed by atoms with Crippen molar-refractivity contribution in [1.29, 1.82) is 0 Å². The van der Waals surface area contributed by atoms with Gasteiger partial charge in [0.25, 0.3) is 0 Å². The van der Waals surface area contributed by atoms with E-state index in [0.717, 1.165) is 12.0 Å². The highest BCUT2D eigenvalue weighted by Gasteiger charge is 2.12. The van der Waals surface area contributed by atoms with Gasteiger partial charge in [-0.3, -0.25) is 0 Å². The van der Waals surface area contributed by atoms with Crippen LogP contribution in [0.5, 0.6) is 0 Å². The molecule has 0 saturated carbocycles. The highest BCUT2D eigenvalue weighted by Crippen LogP contribution is 2.29. The minimum absolute atomic E-state index is 0.152. The molecular weight excluding hydrogens is 301 g/mol. The molecule has 0 fully saturated rings. The van der Waals surface area contributed by atoms with E-state index in [1.807, 2.05) is 24.3 Å². The first kappa shape index (κ1) is 14.4. The third kappa shape index (κ3) is 3.06. The average Bonchev–Trinajstić information content (AvgIpc) is 2.47. The number of hydrogen-bond donors (Lipinski definition) is 1. The molecule has 1 unspecified atom stereocenters. The standard InChI is InChI=1S/C18H15Cl2N/c19-14-8-9-16(17(20)11-14)18(21)10-13-6-3-5-12-4-1-2-7-15(12)13/h1-9,11,18H,10,21H2. The number of fused-ring (bicyclic) bond motifs is 1. The van der Waals surface area contributed by atoms with E-state index in [1.165, 1.54) is 16.3 Å². The molecule has 0 aliphatic rings. The van der Waals surface area contributed by atoms with Crippen molar-refractivity contribution in [1.82, 2.24) is 0 Å². The Morgan fingerprint density at radius 1 is 0.905 bits per heavy atom. The van der Waals surface area contributed by atoms with Crippen LogP contribution in [0.25, 0.3) is 10.8 Å². The molecule has 3 aromatic rings. The number of nitrogens with two attached hydrogens (primary N) is 1. The summed E-state index contributed by atoms with van der Waals surface area (Å²) in [5, 5.41) is 3.71. The van der Waals surface area contributed by atoms with Gasteiger partial charge in [-0.05, 0) is 40.5 Å². The molecule has 0 aromatic heterocycles. The van der Waals surface area contributed by atoms with E-state index in [4.69, 9.17) is 28.9 Å². The largest absolute Gasteiger partial charge is 0.324 e. The number of rotatable bonds is 3. The first-order valence-corrected chi connectivity index (χ1v) is 7.58. The summed E-state index contributed by atoms with van der Waals surface area (Å²) in [7, 11) is 0.